The third-order valence-electron chi connectivity index (χ3n) is 3.22. The molecule has 1 aromatic carbocycles. The molecule has 0 radical (unpaired) electrons. The predicted octanol–water partition coefficient (Wildman–Crippen LogP) is 1.87. The first-order valence-electron chi connectivity index (χ1n) is 5.26. The van der Waals surface area contributed by atoms with E-state index in [1.807, 2.05) is 18.2 Å². The summed E-state index contributed by atoms with van der Waals surface area (Å²) in [5.41, 5.74) is 3.29. The molecular formula is C12H14N2O. The highest BCUT2D eigenvalue weighted by Crippen LogP contribution is 2.28. The molecule has 1 aliphatic rings. The summed E-state index contributed by atoms with van der Waals surface area (Å²) in [6.07, 6.45) is 1.03. The summed E-state index contributed by atoms with van der Waals surface area (Å²) in [5, 5.41) is 11.2. The van der Waals surface area contributed by atoms with Crippen LogP contribution in [0, 0.1) is 0 Å². The Morgan fingerprint density at radius 3 is 2.93 bits per heavy atom. The van der Waals surface area contributed by atoms with Crippen molar-refractivity contribution in [3.05, 3.63) is 35.5 Å². The molecule has 0 amide bonds. The van der Waals surface area contributed by atoms with Gasteiger partial charge in [0.15, 0.2) is 0 Å². The zero-order valence-corrected chi connectivity index (χ0v) is 8.77. The van der Waals surface area contributed by atoms with Crippen LogP contribution in [0.1, 0.15) is 11.3 Å². The summed E-state index contributed by atoms with van der Waals surface area (Å²) < 4.78 is 1.35. The molecule has 2 heterocycles. The normalized spacial score (nSPS) is 16.9. The molecular weight excluding hydrogens is 188 g/mol. The van der Waals surface area contributed by atoms with Gasteiger partial charge in [0.1, 0.15) is 0 Å². The number of nitrogens with zero attached hydrogens (tertiary/aromatic N) is 2. The van der Waals surface area contributed by atoms with Gasteiger partial charge in [-0.15, -0.1) is 0 Å². The zero-order chi connectivity index (χ0) is 10.4. The van der Waals surface area contributed by atoms with E-state index in [2.05, 4.69) is 18.0 Å². The Bertz CT molecular complexity index is 516. The molecule has 0 spiro atoms. The monoisotopic (exact) mass is 202 g/mol. The lowest BCUT2D eigenvalue weighted by atomic mass is 10.0. The van der Waals surface area contributed by atoms with Gasteiger partial charge in [0.2, 0.25) is 0 Å². The highest BCUT2D eigenvalue weighted by Gasteiger charge is 2.21. The van der Waals surface area contributed by atoms with Gasteiger partial charge in [-0.25, -0.2) is 0 Å². The van der Waals surface area contributed by atoms with E-state index < -0.39 is 0 Å². The highest BCUT2D eigenvalue weighted by atomic mass is 16.5. The zero-order valence-electron chi connectivity index (χ0n) is 8.77. The Hall–Kier alpha value is -1.48. The van der Waals surface area contributed by atoms with Crippen LogP contribution in [0.25, 0.3) is 10.9 Å². The van der Waals surface area contributed by atoms with Gasteiger partial charge >= 0.3 is 0 Å². The second-order valence-corrected chi connectivity index (χ2v) is 4.24. The Morgan fingerprint density at radius 2 is 2.07 bits per heavy atom. The molecule has 1 aliphatic heterocycles. The largest absolute Gasteiger partial charge is 0.428 e. The maximum Gasteiger partial charge on any atom is 0.0872 e. The molecule has 0 fully saturated rings. The molecule has 0 saturated heterocycles. The van der Waals surface area contributed by atoms with E-state index in [0.717, 1.165) is 30.7 Å². The Morgan fingerprint density at radius 1 is 1.27 bits per heavy atom. The molecule has 3 heteroatoms. The predicted molar refractivity (Wildman–Crippen MR) is 59.2 cm³/mol. The molecule has 78 valence electrons. The van der Waals surface area contributed by atoms with Crippen molar-refractivity contribution in [3.63, 3.8) is 0 Å². The molecule has 1 N–H and O–H groups in total. The SMILES string of the molecule is CN1CCc2c(n(O)c3ccccc23)C1. The van der Waals surface area contributed by atoms with Crippen LogP contribution in [0.15, 0.2) is 24.3 Å². The van der Waals surface area contributed by atoms with Crippen LogP contribution >= 0.6 is 0 Å². The van der Waals surface area contributed by atoms with E-state index >= 15 is 0 Å². The average Bonchev–Trinajstić information content (AvgIpc) is 2.54. The fourth-order valence-corrected chi connectivity index (χ4v) is 2.42. The maximum atomic E-state index is 10.0. The fourth-order valence-electron chi connectivity index (χ4n) is 2.42. The molecule has 1 aromatic heterocycles. The van der Waals surface area contributed by atoms with Crippen molar-refractivity contribution in [2.75, 3.05) is 13.6 Å². The van der Waals surface area contributed by atoms with Crippen LogP contribution in [0.2, 0.25) is 0 Å². The summed E-state index contributed by atoms with van der Waals surface area (Å²) in [6, 6.07) is 8.05. The number of rotatable bonds is 0. The van der Waals surface area contributed by atoms with Crippen molar-refractivity contribution in [3.8, 4) is 0 Å². The molecule has 0 unspecified atom stereocenters. The molecule has 0 aliphatic carbocycles. The number of likely N-dealkylation sites (N-methyl/N-ethyl adjacent to an activating group) is 1. The standard InChI is InChI=1S/C12H14N2O/c1-13-7-6-10-9-4-2-3-5-11(9)14(15)12(10)8-13/h2-5,15H,6-8H2,1H3. The van der Waals surface area contributed by atoms with Crippen molar-refractivity contribution >= 4 is 10.9 Å². The lowest BCUT2D eigenvalue weighted by Gasteiger charge is -2.22. The minimum Gasteiger partial charge on any atom is -0.428 e. The molecule has 3 nitrogen and oxygen atoms in total. The number of fused-ring (bicyclic) bond motifs is 3. The second kappa shape index (κ2) is 3.00. The first kappa shape index (κ1) is 8.80. The highest BCUT2D eigenvalue weighted by molar-refractivity contribution is 5.85. The molecule has 0 saturated carbocycles. The minimum absolute atomic E-state index is 0.834. The van der Waals surface area contributed by atoms with Crippen LogP contribution in [-0.2, 0) is 13.0 Å². The van der Waals surface area contributed by atoms with Crippen LogP contribution in [0.5, 0.6) is 0 Å². The van der Waals surface area contributed by atoms with Gasteiger partial charge < -0.3 is 10.1 Å². The van der Waals surface area contributed by atoms with Gasteiger partial charge in [0.25, 0.3) is 0 Å². The third kappa shape index (κ3) is 1.16. The average molecular weight is 202 g/mol. The van der Waals surface area contributed by atoms with Crippen molar-refractivity contribution in [1.29, 1.82) is 0 Å². The van der Waals surface area contributed by atoms with E-state index in [-0.39, 0.29) is 0 Å². The van der Waals surface area contributed by atoms with E-state index in [1.54, 1.807) is 0 Å². The van der Waals surface area contributed by atoms with Gasteiger partial charge in [-0.1, -0.05) is 18.2 Å². The van der Waals surface area contributed by atoms with Crippen LogP contribution < -0.4 is 0 Å². The van der Waals surface area contributed by atoms with Gasteiger partial charge in [0, 0.05) is 18.5 Å². The van der Waals surface area contributed by atoms with Gasteiger partial charge in [0.05, 0.1) is 11.2 Å². The number of aromatic nitrogens is 1. The maximum absolute atomic E-state index is 10.0. The van der Waals surface area contributed by atoms with Gasteiger partial charge in [-0.2, -0.15) is 4.73 Å². The number of hydrogen-bond acceptors (Lipinski definition) is 2. The lowest BCUT2D eigenvalue weighted by Crippen LogP contribution is -2.27. The Balaban J connectivity index is 2.32. The summed E-state index contributed by atoms with van der Waals surface area (Å²) >= 11 is 0. The Kier molecular flexibility index (Phi) is 1.76. The summed E-state index contributed by atoms with van der Waals surface area (Å²) in [5.74, 6) is 0. The molecule has 3 rings (SSSR count). The smallest absolute Gasteiger partial charge is 0.0872 e. The van der Waals surface area contributed by atoms with Crippen molar-refractivity contribution < 1.29 is 5.21 Å². The first-order chi connectivity index (χ1) is 7.27. The summed E-state index contributed by atoms with van der Waals surface area (Å²) in [7, 11) is 2.08. The Labute approximate surface area is 88.5 Å². The fraction of sp³-hybridized carbons (Fsp3) is 0.333. The first-order valence-corrected chi connectivity index (χ1v) is 5.26. The van der Waals surface area contributed by atoms with E-state index in [1.165, 1.54) is 15.7 Å². The number of hydrogen-bond donors (Lipinski definition) is 1. The molecule has 15 heavy (non-hydrogen) atoms. The summed E-state index contributed by atoms with van der Waals surface area (Å²) in [4.78, 5) is 2.23. The molecule has 2 aromatic rings. The van der Waals surface area contributed by atoms with Crippen molar-refractivity contribution in [1.82, 2.24) is 9.63 Å². The number of para-hydroxylation sites is 1. The van der Waals surface area contributed by atoms with Gasteiger partial charge in [-0.05, 0) is 25.1 Å². The topological polar surface area (TPSA) is 28.4 Å². The lowest BCUT2D eigenvalue weighted by molar-refractivity contribution is 0.172. The third-order valence-corrected chi connectivity index (χ3v) is 3.22. The van der Waals surface area contributed by atoms with Crippen LogP contribution in [0.4, 0.5) is 0 Å². The van der Waals surface area contributed by atoms with Crippen LogP contribution in [0.3, 0.4) is 0 Å². The molecule has 0 bridgehead atoms. The molecule has 0 atom stereocenters. The van der Waals surface area contributed by atoms with Crippen molar-refractivity contribution in [2.45, 2.75) is 13.0 Å². The van der Waals surface area contributed by atoms with Crippen LogP contribution in [-0.4, -0.2) is 28.4 Å². The van der Waals surface area contributed by atoms with E-state index in [9.17, 15) is 5.21 Å². The summed E-state index contributed by atoms with van der Waals surface area (Å²) in [6.45, 7) is 1.90. The van der Waals surface area contributed by atoms with E-state index in [4.69, 9.17) is 0 Å². The van der Waals surface area contributed by atoms with Crippen molar-refractivity contribution in [2.24, 2.45) is 0 Å². The van der Waals surface area contributed by atoms with E-state index in [0.29, 0.717) is 0 Å². The quantitative estimate of drug-likeness (QED) is 0.660. The second-order valence-electron chi connectivity index (χ2n) is 4.24. The minimum atomic E-state index is 0.834. The number of benzene rings is 1. The van der Waals surface area contributed by atoms with Gasteiger partial charge in [-0.3, -0.25) is 0 Å².